The van der Waals surface area contributed by atoms with E-state index in [1.54, 1.807) is 48.5 Å². The molecular formula is C35H52N4O6. The summed E-state index contributed by atoms with van der Waals surface area (Å²) in [5, 5.41) is 0. The van der Waals surface area contributed by atoms with Crippen LogP contribution in [0.15, 0.2) is 48.5 Å². The largest absolute Gasteiger partial charge is 0.494 e. The van der Waals surface area contributed by atoms with E-state index in [1.807, 2.05) is 0 Å². The molecular weight excluding hydrogens is 572 g/mol. The van der Waals surface area contributed by atoms with Crippen LogP contribution < -0.4 is 31.2 Å². The van der Waals surface area contributed by atoms with Gasteiger partial charge < -0.3 is 9.47 Å². The fourth-order valence-electron chi connectivity index (χ4n) is 4.47. The number of hydrazine groups is 2. The lowest BCUT2D eigenvalue weighted by Crippen LogP contribution is -2.41. The Labute approximate surface area is 268 Å². The summed E-state index contributed by atoms with van der Waals surface area (Å²) in [5.41, 5.74) is 10.7. The minimum atomic E-state index is -0.386. The predicted octanol–water partition coefficient (Wildman–Crippen LogP) is 6.56. The number of amides is 4. The van der Waals surface area contributed by atoms with Crippen LogP contribution in [-0.4, -0.2) is 36.8 Å². The molecule has 0 bridgehead atoms. The molecule has 45 heavy (non-hydrogen) atoms. The van der Waals surface area contributed by atoms with E-state index >= 15 is 0 Å². The number of nitrogens with one attached hydrogen (secondary N) is 4. The Morgan fingerprint density at radius 2 is 0.822 bits per heavy atom. The fraction of sp³-hybridized carbons (Fsp3) is 0.543. The highest BCUT2D eigenvalue weighted by Crippen LogP contribution is 2.14. The first-order valence-electron chi connectivity index (χ1n) is 16.6. The molecule has 0 atom stereocenters. The summed E-state index contributed by atoms with van der Waals surface area (Å²) in [6, 6.07) is 13.7. The van der Waals surface area contributed by atoms with E-state index in [2.05, 4.69) is 35.6 Å². The average Bonchev–Trinajstić information content (AvgIpc) is 3.06. The normalized spacial score (nSPS) is 10.5. The van der Waals surface area contributed by atoms with Gasteiger partial charge in [-0.25, -0.2) is 0 Å². The number of benzene rings is 2. The average molecular weight is 625 g/mol. The van der Waals surface area contributed by atoms with Crippen LogP contribution in [0.25, 0.3) is 0 Å². The van der Waals surface area contributed by atoms with Crippen molar-refractivity contribution in [1.29, 1.82) is 0 Å². The van der Waals surface area contributed by atoms with Crippen LogP contribution in [0.1, 0.15) is 131 Å². The van der Waals surface area contributed by atoms with Crippen molar-refractivity contribution >= 4 is 23.6 Å². The minimum absolute atomic E-state index is 0.255. The molecule has 0 aliphatic rings. The van der Waals surface area contributed by atoms with Gasteiger partial charge in [-0.3, -0.25) is 40.9 Å². The van der Waals surface area contributed by atoms with Gasteiger partial charge >= 0.3 is 0 Å². The fourth-order valence-corrected chi connectivity index (χ4v) is 4.47. The minimum Gasteiger partial charge on any atom is -0.494 e. The Balaban J connectivity index is 1.47. The number of carbonyl (C=O) groups excluding carboxylic acids is 4. The lowest BCUT2D eigenvalue weighted by atomic mass is 10.1. The maximum Gasteiger partial charge on any atom is 0.269 e. The molecule has 2 aromatic rings. The van der Waals surface area contributed by atoms with Crippen molar-refractivity contribution in [2.75, 3.05) is 13.2 Å². The summed E-state index contributed by atoms with van der Waals surface area (Å²) in [6.07, 6.45) is 13.5. The second-order valence-corrected chi connectivity index (χ2v) is 11.1. The van der Waals surface area contributed by atoms with Crippen molar-refractivity contribution in [3.63, 3.8) is 0 Å². The van der Waals surface area contributed by atoms with Gasteiger partial charge in [-0.05, 0) is 74.2 Å². The number of hydrogen-bond donors (Lipinski definition) is 4. The monoisotopic (exact) mass is 624 g/mol. The number of rotatable bonds is 22. The molecule has 2 rings (SSSR count). The van der Waals surface area contributed by atoms with E-state index in [-0.39, 0.29) is 23.6 Å². The van der Waals surface area contributed by atoms with Crippen LogP contribution in [0.4, 0.5) is 0 Å². The third-order valence-electron chi connectivity index (χ3n) is 7.20. The summed E-state index contributed by atoms with van der Waals surface area (Å²) in [7, 11) is 0. The Morgan fingerprint density at radius 3 is 1.20 bits per heavy atom. The van der Waals surface area contributed by atoms with Gasteiger partial charge in [-0.2, -0.15) is 0 Å². The highest BCUT2D eigenvalue weighted by Gasteiger charge is 2.09. The second kappa shape index (κ2) is 23.3. The zero-order chi connectivity index (χ0) is 32.5. The van der Waals surface area contributed by atoms with Crippen LogP contribution in [-0.2, 0) is 9.59 Å². The first kappa shape index (κ1) is 37.1. The van der Waals surface area contributed by atoms with Gasteiger partial charge in [0.1, 0.15) is 11.5 Å². The molecule has 0 unspecified atom stereocenters. The number of carbonyl (C=O) groups is 4. The van der Waals surface area contributed by atoms with Crippen molar-refractivity contribution in [3.05, 3.63) is 59.7 Å². The summed E-state index contributed by atoms with van der Waals surface area (Å²) < 4.78 is 11.4. The summed E-state index contributed by atoms with van der Waals surface area (Å²) in [4.78, 5) is 48.8. The van der Waals surface area contributed by atoms with E-state index in [1.165, 1.54) is 25.7 Å². The zero-order valence-electron chi connectivity index (χ0n) is 27.1. The topological polar surface area (TPSA) is 135 Å². The number of unbranched alkanes of at least 4 members (excludes halogenated alkanes) is 10. The SMILES string of the molecule is CCCCCCOc1ccc(C(=O)NNC(=O)CCCCCCCC(=O)NNC(=O)c2ccc(OCCCCCC)cc2)cc1. The van der Waals surface area contributed by atoms with E-state index in [0.717, 1.165) is 56.4 Å². The lowest BCUT2D eigenvalue weighted by molar-refractivity contribution is -0.122. The molecule has 2 aromatic carbocycles. The van der Waals surface area contributed by atoms with E-state index in [0.29, 0.717) is 50.0 Å². The van der Waals surface area contributed by atoms with Gasteiger partial charge in [-0.1, -0.05) is 71.6 Å². The lowest BCUT2D eigenvalue weighted by Gasteiger charge is -2.09. The molecule has 10 heteroatoms. The quantitative estimate of drug-likeness (QED) is 0.0866. The maximum absolute atomic E-state index is 12.3. The number of ether oxygens (including phenoxy) is 2. The van der Waals surface area contributed by atoms with Crippen molar-refractivity contribution in [2.45, 2.75) is 110 Å². The van der Waals surface area contributed by atoms with E-state index in [4.69, 9.17) is 9.47 Å². The molecule has 4 amide bonds. The highest BCUT2D eigenvalue weighted by molar-refractivity contribution is 5.96. The maximum atomic E-state index is 12.3. The smallest absolute Gasteiger partial charge is 0.269 e. The van der Waals surface area contributed by atoms with Crippen molar-refractivity contribution in [2.24, 2.45) is 0 Å². The summed E-state index contributed by atoms with van der Waals surface area (Å²) in [5.74, 6) is 0.156. The van der Waals surface area contributed by atoms with Crippen molar-refractivity contribution in [1.82, 2.24) is 21.7 Å². The molecule has 0 heterocycles. The van der Waals surface area contributed by atoms with Crippen LogP contribution in [0.3, 0.4) is 0 Å². The molecule has 10 nitrogen and oxygen atoms in total. The molecule has 0 saturated carbocycles. The highest BCUT2D eigenvalue weighted by atomic mass is 16.5. The molecule has 0 aromatic heterocycles. The molecule has 248 valence electrons. The van der Waals surface area contributed by atoms with Gasteiger partial charge in [0.25, 0.3) is 11.8 Å². The van der Waals surface area contributed by atoms with Crippen LogP contribution in [0.2, 0.25) is 0 Å². The Kier molecular flexibility index (Phi) is 19.2. The second-order valence-electron chi connectivity index (χ2n) is 11.1. The Morgan fingerprint density at radius 1 is 0.467 bits per heavy atom. The molecule has 0 fully saturated rings. The van der Waals surface area contributed by atoms with Gasteiger partial charge in [0.05, 0.1) is 13.2 Å². The van der Waals surface area contributed by atoms with Crippen LogP contribution >= 0.6 is 0 Å². The van der Waals surface area contributed by atoms with Crippen LogP contribution in [0.5, 0.6) is 11.5 Å². The van der Waals surface area contributed by atoms with Gasteiger partial charge in [0.2, 0.25) is 11.8 Å². The van der Waals surface area contributed by atoms with Crippen molar-refractivity contribution in [3.8, 4) is 11.5 Å². The van der Waals surface area contributed by atoms with Crippen molar-refractivity contribution < 1.29 is 28.7 Å². The molecule has 0 aliphatic heterocycles. The zero-order valence-corrected chi connectivity index (χ0v) is 27.1. The standard InChI is InChI=1S/C35H52N4O6/c1-3-5-7-14-26-44-30-22-18-28(19-23-30)34(42)38-36-32(40)16-12-10-9-11-13-17-33(41)37-39-35(43)29-20-24-31(25-21-29)45-27-15-8-6-4-2/h18-25H,3-17,26-27H2,1-2H3,(H,36,40)(H,37,41)(H,38,42)(H,39,43). The van der Waals surface area contributed by atoms with E-state index in [9.17, 15) is 19.2 Å². The Bertz CT molecular complexity index is 1050. The molecule has 0 spiro atoms. The summed E-state index contributed by atoms with van der Waals surface area (Å²) in [6.45, 7) is 5.65. The Hall–Kier alpha value is -4.08. The third-order valence-corrected chi connectivity index (χ3v) is 7.20. The first-order chi connectivity index (χ1) is 21.9. The van der Waals surface area contributed by atoms with Gasteiger partial charge in [0, 0.05) is 24.0 Å². The van der Waals surface area contributed by atoms with Gasteiger partial charge in [0.15, 0.2) is 0 Å². The number of hydrogen-bond acceptors (Lipinski definition) is 6. The van der Waals surface area contributed by atoms with Gasteiger partial charge in [-0.15, -0.1) is 0 Å². The summed E-state index contributed by atoms with van der Waals surface area (Å²) >= 11 is 0. The third kappa shape index (κ3) is 17.1. The first-order valence-corrected chi connectivity index (χ1v) is 16.6. The predicted molar refractivity (Wildman–Crippen MR) is 176 cm³/mol. The van der Waals surface area contributed by atoms with Crippen LogP contribution in [0, 0.1) is 0 Å². The molecule has 0 aliphatic carbocycles. The molecule has 4 N–H and O–H groups in total. The molecule has 0 radical (unpaired) electrons. The van der Waals surface area contributed by atoms with E-state index < -0.39 is 0 Å². The molecule has 0 saturated heterocycles.